The van der Waals surface area contributed by atoms with Crippen LogP contribution in [-0.2, 0) is 4.79 Å². The molecule has 2 aromatic rings. The summed E-state index contributed by atoms with van der Waals surface area (Å²) in [7, 11) is 7.86. The Hall–Kier alpha value is -3.13. The van der Waals surface area contributed by atoms with Crippen LogP contribution in [0.4, 0.5) is 0 Å². The quantitative estimate of drug-likeness (QED) is 0.624. The number of carboxylic acids is 1. The number of likely N-dealkylation sites (tertiary alicyclic amines) is 1. The third-order valence-electron chi connectivity index (χ3n) is 5.92. The van der Waals surface area contributed by atoms with Gasteiger partial charge in [0.25, 0.3) is 0 Å². The van der Waals surface area contributed by atoms with Crippen LogP contribution in [0, 0.1) is 0 Å². The molecule has 1 N–H and O–H groups in total. The Morgan fingerprint density at radius 2 is 1.53 bits per heavy atom. The first kappa shape index (κ1) is 23.5. The van der Waals surface area contributed by atoms with Crippen molar-refractivity contribution in [3.8, 4) is 28.7 Å². The van der Waals surface area contributed by atoms with E-state index in [1.54, 1.807) is 41.6 Å². The Bertz CT molecular complexity index is 946. The second-order valence-corrected chi connectivity index (χ2v) is 7.52. The van der Waals surface area contributed by atoms with E-state index in [0.29, 0.717) is 41.7 Å². The predicted octanol–water partition coefficient (Wildman–Crippen LogP) is 3.76. The lowest BCUT2D eigenvalue weighted by atomic mass is 9.90. The summed E-state index contributed by atoms with van der Waals surface area (Å²) >= 11 is 0. The average molecular weight is 446 g/mol. The van der Waals surface area contributed by atoms with Crippen molar-refractivity contribution in [2.45, 2.75) is 31.3 Å². The molecule has 8 nitrogen and oxygen atoms in total. The van der Waals surface area contributed by atoms with E-state index in [1.165, 1.54) is 0 Å². The van der Waals surface area contributed by atoms with E-state index in [0.717, 1.165) is 24.0 Å². The first-order valence-electron chi connectivity index (χ1n) is 10.5. The monoisotopic (exact) mass is 445 g/mol. The molecular weight excluding hydrogens is 414 g/mol. The van der Waals surface area contributed by atoms with Crippen LogP contribution >= 0.6 is 0 Å². The normalized spacial score (nSPS) is 17.3. The first-order valence-corrected chi connectivity index (χ1v) is 10.5. The Labute approximate surface area is 188 Å². The summed E-state index contributed by atoms with van der Waals surface area (Å²) in [5, 5.41) is 10.0. The first-order chi connectivity index (χ1) is 15.5. The van der Waals surface area contributed by atoms with E-state index >= 15 is 0 Å². The van der Waals surface area contributed by atoms with Gasteiger partial charge in [-0.3, -0.25) is 9.69 Å². The largest absolute Gasteiger partial charge is 0.496 e. The summed E-state index contributed by atoms with van der Waals surface area (Å²) < 4.78 is 28.0. The molecule has 2 unspecified atom stereocenters. The molecule has 1 fully saturated rings. The molecule has 1 saturated heterocycles. The molecule has 0 radical (unpaired) electrons. The maximum atomic E-state index is 12.2. The third-order valence-corrected chi connectivity index (χ3v) is 5.92. The van der Waals surface area contributed by atoms with Crippen molar-refractivity contribution in [1.29, 1.82) is 0 Å². The highest BCUT2D eigenvalue weighted by atomic mass is 16.5. The second-order valence-electron chi connectivity index (χ2n) is 7.52. The Morgan fingerprint density at radius 3 is 2.12 bits per heavy atom. The second kappa shape index (κ2) is 10.5. The molecule has 0 amide bonds. The zero-order chi connectivity index (χ0) is 23.3. The van der Waals surface area contributed by atoms with Gasteiger partial charge in [0.1, 0.15) is 11.8 Å². The number of ether oxygens (including phenoxy) is 5. The van der Waals surface area contributed by atoms with Crippen molar-refractivity contribution in [3.63, 3.8) is 0 Å². The van der Waals surface area contributed by atoms with Crippen LogP contribution in [0.2, 0.25) is 0 Å². The maximum absolute atomic E-state index is 12.2. The fourth-order valence-corrected chi connectivity index (χ4v) is 4.45. The predicted molar refractivity (Wildman–Crippen MR) is 119 cm³/mol. The summed E-state index contributed by atoms with van der Waals surface area (Å²) in [4.78, 5) is 14.2. The van der Waals surface area contributed by atoms with Crippen molar-refractivity contribution in [2.24, 2.45) is 0 Å². The van der Waals surface area contributed by atoms with Crippen LogP contribution in [0.25, 0.3) is 0 Å². The minimum absolute atomic E-state index is 0.476. The number of piperidine rings is 1. The number of benzene rings is 2. The van der Waals surface area contributed by atoms with Crippen molar-refractivity contribution in [3.05, 3.63) is 41.5 Å². The minimum Gasteiger partial charge on any atom is -0.496 e. The number of carboxylic acid groups (broad SMARTS) is 1. The van der Waals surface area contributed by atoms with Crippen LogP contribution < -0.4 is 23.7 Å². The SMILES string of the molecule is COc1cc(OC)c(C(c2cccc(OC)c2OC)N2CCCCC2C(=O)O)cc1OC. The Kier molecular flexibility index (Phi) is 7.69. The molecule has 3 rings (SSSR count). The average Bonchev–Trinajstić information content (AvgIpc) is 2.83. The molecule has 1 aliphatic heterocycles. The lowest BCUT2D eigenvalue weighted by molar-refractivity contribution is -0.145. The highest BCUT2D eigenvalue weighted by molar-refractivity contribution is 5.74. The number of methoxy groups -OCH3 is 5. The standard InChI is InChI=1S/C24H31NO7/c1-28-18-11-8-9-15(23(18)32-5)22(25-12-7-6-10-17(25)24(26)27)16-13-20(30-3)21(31-4)14-19(16)29-2/h8-9,11,13-14,17,22H,6-7,10,12H2,1-5H3,(H,26,27). The number of hydrogen-bond acceptors (Lipinski definition) is 7. The van der Waals surface area contributed by atoms with E-state index in [1.807, 2.05) is 29.2 Å². The Balaban J connectivity index is 2.31. The molecule has 0 aromatic heterocycles. The van der Waals surface area contributed by atoms with E-state index < -0.39 is 18.1 Å². The fraction of sp³-hybridized carbons (Fsp3) is 0.458. The number of carbonyl (C=O) groups is 1. The Morgan fingerprint density at radius 1 is 0.875 bits per heavy atom. The zero-order valence-electron chi connectivity index (χ0n) is 19.2. The van der Waals surface area contributed by atoms with E-state index in [4.69, 9.17) is 23.7 Å². The molecule has 1 heterocycles. The molecule has 0 aliphatic carbocycles. The van der Waals surface area contributed by atoms with Crippen LogP contribution in [0.1, 0.15) is 36.4 Å². The van der Waals surface area contributed by atoms with Gasteiger partial charge in [-0.15, -0.1) is 0 Å². The van der Waals surface area contributed by atoms with Gasteiger partial charge in [-0.2, -0.15) is 0 Å². The van der Waals surface area contributed by atoms with E-state index in [-0.39, 0.29) is 0 Å². The van der Waals surface area contributed by atoms with Crippen molar-refractivity contribution in [2.75, 3.05) is 42.1 Å². The minimum atomic E-state index is -0.851. The van der Waals surface area contributed by atoms with Gasteiger partial charge >= 0.3 is 5.97 Å². The van der Waals surface area contributed by atoms with Crippen LogP contribution in [0.3, 0.4) is 0 Å². The number of aliphatic carboxylic acids is 1. The molecule has 1 aliphatic rings. The van der Waals surface area contributed by atoms with Crippen molar-refractivity contribution < 1.29 is 33.6 Å². The summed E-state index contributed by atoms with van der Waals surface area (Å²) in [6.07, 6.45) is 2.31. The van der Waals surface area contributed by atoms with Crippen LogP contribution in [-0.4, -0.2) is 64.1 Å². The summed E-state index contributed by atoms with van der Waals surface area (Å²) in [5.41, 5.74) is 1.54. The maximum Gasteiger partial charge on any atom is 0.320 e. The lowest BCUT2D eigenvalue weighted by Gasteiger charge is -2.40. The van der Waals surface area contributed by atoms with Crippen molar-refractivity contribution in [1.82, 2.24) is 4.90 Å². The third kappa shape index (κ3) is 4.41. The molecule has 2 aromatic carbocycles. The molecule has 0 bridgehead atoms. The fourth-order valence-electron chi connectivity index (χ4n) is 4.45. The molecular formula is C24H31NO7. The van der Waals surface area contributed by atoms with Gasteiger partial charge in [0.15, 0.2) is 23.0 Å². The molecule has 8 heteroatoms. The van der Waals surface area contributed by atoms with Gasteiger partial charge in [0, 0.05) is 17.2 Å². The van der Waals surface area contributed by atoms with Gasteiger partial charge in [-0.05, 0) is 31.5 Å². The van der Waals surface area contributed by atoms with E-state index in [2.05, 4.69) is 0 Å². The van der Waals surface area contributed by atoms with Gasteiger partial charge in [0.2, 0.25) is 0 Å². The number of rotatable bonds is 9. The summed E-state index contributed by atoms with van der Waals surface area (Å²) in [5.74, 6) is 1.88. The number of hydrogen-bond donors (Lipinski definition) is 1. The highest BCUT2D eigenvalue weighted by Crippen LogP contribution is 2.47. The molecule has 0 saturated carbocycles. The van der Waals surface area contributed by atoms with E-state index in [9.17, 15) is 9.90 Å². The lowest BCUT2D eigenvalue weighted by Crippen LogP contribution is -2.47. The highest BCUT2D eigenvalue weighted by Gasteiger charge is 2.38. The number of para-hydroxylation sites is 1. The summed E-state index contributed by atoms with van der Waals surface area (Å²) in [6, 6.07) is 8.09. The molecule has 174 valence electrons. The molecule has 2 atom stereocenters. The number of nitrogens with zero attached hydrogens (tertiary/aromatic N) is 1. The summed E-state index contributed by atoms with van der Waals surface area (Å²) in [6.45, 7) is 0.611. The van der Waals surface area contributed by atoms with Gasteiger partial charge in [0.05, 0.1) is 41.6 Å². The van der Waals surface area contributed by atoms with Crippen LogP contribution in [0.5, 0.6) is 28.7 Å². The van der Waals surface area contributed by atoms with Gasteiger partial charge in [-0.1, -0.05) is 18.6 Å². The van der Waals surface area contributed by atoms with Gasteiger partial charge < -0.3 is 28.8 Å². The smallest absolute Gasteiger partial charge is 0.320 e. The topological polar surface area (TPSA) is 86.7 Å². The molecule has 32 heavy (non-hydrogen) atoms. The zero-order valence-corrected chi connectivity index (χ0v) is 19.2. The van der Waals surface area contributed by atoms with Crippen LogP contribution in [0.15, 0.2) is 30.3 Å². The molecule has 0 spiro atoms. The van der Waals surface area contributed by atoms with Crippen molar-refractivity contribution >= 4 is 5.97 Å². The van der Waals surface area contributed by atoms with Gasteiger partial charge in [-0.25, -0.2) is 0 Å².